The molecule has 1 atom stereocenters. The van der Waals surface area contributed by atoms with Crippen molar-refractivity contribution in [1.82, 2.24) is 5.32 Å². The van der Waals surface area contributed by atoms with Crippen LogP contribution in [0.15, 0.2) is 36.4 Å². The lowest BCUT2D eigenvalue weighted by molar-refractivity contribution is -0.141. The normalized spacial score (nSPS) is 12.6. The molecule has 18 heavy (non-hydrogen) atoms. The molecule has 1 unspecified atom stereocenters. The number of hydrogen-bond donors (Lipinski definition) is 1. The van der Waals surface area contributed by atoms with Gasteiger partial charge in [-0.25, -0.2) is 4.79 Å². The first-order chi connectivity index (χ1) is 8.72. The van der Waals surface area contributed by atoms with Crippen LogP contribution in [0.3, 0.4) is 0 Å². The predicted molar refractivity (Wildman–Crippen MR) is 74.2 cm³/mol. The average molecular weight is 247 g/mol. The van der Waals surface area contributed by atoms with Crippen molar-refractivity contribution in [3.63, 3.8) is 0 Å². The Bertz CT molecular complexity index is 373. The van der Waals surface area contributed by atoms with Gasteiger partial charge in [0.2, 0.25) is 0 Å². The molecule has 0 aliphatic rings. The predicted octanol–water partition coefficient (Wildman–Crippen LogP) is 2.63. The summed E-state index contributed by atoms with van der Waals surface area (Å²) in [6.45, 7) is 5.63. The second kappa shape index (κ2) is 8.48. The van der Waals surface area contributed by atoms with Crippen LogP contribution in [-0.2, 0) is 9.53 Å². The first-order valence-electron chi connectivity index (χ1n) is 6.37. The molecule has 0 heterocycles. The van der Waals surface area contributed by atoms with E-state index in [9.17, 15) is 4.79 Å². The molecule has 0 amide bonds. The second-order valence-electron chi connectivity index (χ2n) is 4.20. The van der Waals surface area contributed by atoms with Gasteiger partial charge in [-0.15, -0.1) is 0 Å². The Morgan fingerprint density at radius 2 is 2.11 bits per heavy atom. The molecule has 0 aliphatic heterocycles. The van der Waals surface area contributed by atoms with Crippen LogP contribution in [0.5, 0.6) is 0 Å². The number of rotatable bonds is 7. The lowest BCUT2D eigenvalue weighted by Gasteiger charge is -2.12. The third-order valence-electron chi connectivity index (χ3n) is 2.39. The standard InChI is InChI=1S/C15H21NO2/c1-3-11-16-12-13(2)18-15(17)10-9-14-7-5-4-6-8-14/h4-10,13,16H,3,11-12H2,1-2H3/b10-9+. The number of hydrogen-bond acceptors (Lipinski definition) is 3. The van der Waals surface area contributed by atoms with E-state index >= 15 is 0 Å². The highest BCUT2D eigenvalue weighted by Gasteiger charge is 2.05. The number of carbonyl (C=O) groups excluding carboxylic acids is 1. The maximum Gasteiger partial charge on any atom is 0.331 e. The van der Waals surface area contributed by atoms with Crippen LogP contribution in [0, 0.1) is 0 Å². The summed E-state index contributed by atoms with van der Waals surface area (Å²) in [7, 11) is 0. The Morgan fingerprint density at radius 3 is 2.78 bits per heavy atom. The molecule has 1 aromatic rings. The minimum Gasteiger partial charge on any atom is -0.458 e. The zero-order chi connectivity index (χ0) is 13.2. The van der Waals surface area contributed by atoms with Crippen LogP contribution >= 0.6 is 0 Å². The molecule has 0 radical (unpaired) electrons. The van der Waals surface area contributed by atoms with Gasteiger partial charge in [-0.05, 0) is 31.5 Å². The van der Waals surface area contributed by atoms with Crippen LogP contribution in [0.4, 0.5) is 0 Å². The van der Waals surface area contributed by atoms with Crippen molar-refractivity contribution in [2.24, 2.45) is 0 Å². The molecule has 1 aromatic carbocycles. The lowest BCUT2D eigenvalue weighted by atomic mass is 10.2. The highest BCUT2D eigenvalue weighted by atomic mass is 16.5. The van der Waals surface area contributed by atoms with Crippen molar-refractivity contribution in [2.75, 3.05) is 13.1 Å². The fourth-order valence-electron chi connectivity index (χ4n) is 1.49. The van der Waals surface area contributed by atoms with E-state index in [-0.39, 0.29) is 12.1 Å². The van der Waals surface area contributed by atoms with Crippen molar-refractivity contribution in [3.05, 3.63) is 42.0 Å². The molecule has 1 rings (SSSR count). The van der Waals surface area contributed by atoms with Crippen molar-refractivity contribution in [3.8, 4) is 0 Å². The maximum atomic E-state index is 11.5. The van der Waals surface area contributed by atoms with Crippen molar-refractivity contribution in [1.29, 1.82) is 0 Å². The molecule has 0 spiro atoms. The fraction of sp³-hybridized carbons (Fsp3) is 0.400. The van der Waals surface area contributed by atoms with E-state index in [0.29, 0.717) is 6.54 Å². The highest BCUT2D eigenvalue weighted by Crippen LogP contribution is 2.01. The molecule has 0 saturated heterocycles. The monoisotopic (exact) mass is 247 g/mol. The zero-order valence-electron chi connectivity index (χ0n) is 11.1. The molecule has 0 fully saturated rings. The van der Waals surface area contributed by atoms with Gasteiger partial charge in [0.25, 0.3) is 0 Å². The van der Waals surface area contributed by atoms with Crippen molar-refractivity contribution in [2.45, 2.75) is 26.4 Å². The van der Waals surface area contributed by atoms with E-state index in [1.807, 2.05) is 37.3 Å². The van der Waals surface area contributed by atoms with E-state index in [1.165, 1.54) is 6.08 Å². The second-order valence-corrected chi connectivity index (χ2v) is 4.20. The molecular formula is C15H21NO2. The summed E-state index contributed by atoms with van der Waals surface area (Å²) in [5.41, 5.74) is 0.992. The van der Waals surface area contributed by atoms with Gasteiger partial charge < -0.3 is 10.1 Å². The van der Waals surface area contributed by atoms with Crippen LogP contribution in [0.2, 0.25) is 0 Å². The number of esters is 1. The summed E-state index contributed by atoms with van der Waals surface area (Å²) >= 11 is 0. The van der Waals surface area contributed by atoms with Crippen LogP contribution in [0.25, 0.3) is 6.08 Å². The van der Waals surface area contributed by atoms with Gasteiger partial charge in [-0.1, -0.05) is 37.3 Å². The van der Waals surface area contributed by atoms with E-state index in [4.69, 9.17) is 4.74 Å². The van der Waals surface area contributed by atoms with Gasteiger partial charge in [0.15, 0.2) is 0 Å². The smallest absolute Gasteiger partial charge is 0.331 e. The quantitative estimate of drug-likeness (QED) is 0.457. The van der Waals surface area contributed by atoms with Crippen LogP contribution in [0.1, 0.15) is 25.8 Å². The van der Waals surface area contributed by atoms with E-state index in [2.05, 4.69) is 12.2 Å². The molecule has 0 saturated carbocycles. The van der Waals surface area contributed by atoms with Gasteiger partial charge in [0, 0.05) is 12.6 Å². The van der Waals surface area contributed by atoms with E-state index in [1.54, 1.807) is 6.08 Å². The molecule has 0 aliphatic carbocycles. The Balaban J connectivity index is 2.30. The number of carbonyl (C=O) groups is 1. The van der Waals surface area contributed by atoms with Crippen LogP contribution < -0.4 is 5.32 Å². The Labute approximate surface area is 109 Å². The minimum absolute atomic E-state index is 0.107. The molecular weight excluding hydrogens is 226 g/mol. The third kappa shape index (κ3) is 6.21. The topological polar surface area (TPSA) is 38.3 Å². The van der Waals surface area contributed by atoms with E-state index in [0.717, 1.165) is 18.5 Å². The van der Waals surface area contributed by atoms with Crippen LogP contribution in [-0.4, -0.2) is 25.2 Å². The van der Waals surface area contributed by atoms with E-state index < -0.39 is 0 Å². The molecule has 0 aromatic heterocycles. The maximum absolute atomic E-state index is 11.5. The fourth-order valence-corrected chi connectivity index (χ4v) is 1.49. The zero-order valence-corrected chi connectivity index (χ0v) is 11.1. The lowest BCUT2D eigenvalue weighted by Crippen LogP contribution is -2.28. The molecule has 3 nitrogen and oxygen atoms in total. The SMILES string of the molecule is CCCNCC(C)OC(=O)/C=C/c1ccccc1. The van der Waals surface area contributed by atoms with Crippen molar-refractivity contribution < 1.29 is 9.53 Å². The highest BCUT2D eigenvalue weighted by molar-refractivity contribution is 5.87. The molecule has 98 valence electrons. The summed E-state index contributed by atoms with van der Waals surface area (Å²) in [6, 6.07) is 9.69. The first kappa shape index (κ1) is 14.5. The van der Waals surface area contributed by atoms with Gasteiger partial charge >= 0.3 is 5.97 Å². The molecule has 3 heteroatoms. The summed E-state index contributed by atoms with van der Waals surface area (Å²) in [5.74, 6) is -0.301. The van der Waals surface area contributed by atoms with Gasteiger partial charge in [0.05, 0.1) is 0 Å². The minimum atomic E-state index is -0.301. The summed E-state index contributed by atoms with van der Waals surface area (Å²) < 4.78 is 5.23. The van der Waals surface area contributed by atoms with Gasteiger partial charge in [-0.3, -0.25) is 0 Å². The first-order valence-corrected chi connectivity index (χ1v) is 6.37. The Kier molecular flexibility index (Phi) is 6.81. The Hall–Kier alpha value is -1.61. The van der Waals surface area contributed by atoms with Gasteiger partial charge in [0.1, 0.15) is 6.10 Å². The largest absolute Gasteiger partial charge is 0.458 e. The number of nitrogens with one attached hydrogen (secondary N) is 1. The third-order valence-corrected chi connectivity index (χ3v) is 2.39. The Morgan fingerprint density at radius 1 is 1.39 bits per heavy atom. The molecule has 0 bridgehead atoms. The number of ether oxygens (including phenoxy) is 1. The molecule has 1 N–H and O–H groups in total. The summed E-state index contributed by atoms with van der Waals surface area (Å²) in [4.78, 5) is 11.5. The van der Waals surface area contributed by atoms with Gasteiger partial charge in [-0.2, -0.15) is 0 Å². The number of benzene rings is 1. The summed E-state index contributed by atoms with van der Waals surface area (Å²) in [5, 5.41) is 3.21. The van der Waals surface area contributed by atoms with Crippen molar-refractivity contribution >= 4 is 12.0 Å². The average Bonchev–Trinajstić information content (AvgIpc) is 2.38. The summed E-state index contributed by atoms with van der Waals surface area (Å²) in [6.07, 6.45) is 4.19.